The molecule has 0 bridgehead atoms. The van der Waals surface area contributed by atoms with E-state index in [4.69, 9.17) is 0 Å². The highest BCUT2D eigenvalue weighted by atomic mass is 79.9. The van der Waals surface area contributed by atoms with E-state index in [1.165, 1.54) is 29.7 Å². The fourth-order valence-electron chi connectivity index (χ4n) is 3.04. The largest absolute Gasteiger partial charge is 0.372 e. The summed E-state index contributed by atoms with van der Waals surface area (Å²) in [4.78, 5) is 11.4. The van der Waals surface area contributed by atoms with Gasteiger partial charge >= 0.3 is 0 Å². The molecule has 1 heterocycles. The van der Waals surface area contributed by atoms with Gasteiger partial charge in [-0.05, 0) is 58.1 Å². The third kappa shape index (κ3) is 6.46. The van der Waals surface area contributed by atoms with Crippen molar-refractivity contribution in [2.75, 3.05) is 18.0 Å². The van der Waals surface area contributed by atoms with Gasteiger partial charge in [-0.15, -0.1) is 0 Å². The van der Waals surface area contributed by atoms with Crippen molar-refractivity contribution in [3.05, 3.63) is 52.0 Å². The van der Waals surface area contributed by atoms with E-state index in [9.17, 15) is 0 Å². The molecule has 4 heteroatoms. The topological polar surface area (TPSA) is 29.0 Å². The maximum Gasteiger partial charge on any atom is 0.125 e. The van der Waals surface area contributed by atoms with Gasteiger partial charge in [-0.2, -0.15) is 0 Å². The number of allylic oxidation sites excluding steroid dienone is 1. The Balaban J connectivity index is 0.000000855. The highest BCUT2D eigenvalue weighted by Crippen LogP contribution is 2.31. The van der Waals surface area contributed by atoms with E-state index in [-0.39, 0.29) is 0 Å². The van der Waals surface area contributed by atoms with Crippen LogP contribution in [0, 0.1) is 0 Å². The summed E-state index contributed by atoms with van der Waals surface area (Å²) in [5.41, 5.74) is 5.91. The van der Waals surface area contributed by atoms with Gasteiger partial charge in [0.25, 0.3) is 0 Å². The van der Waals surface area contributed by atoms with E-state index >= 15 is 0 Å². The van der Waals surface area contributed by atoms with Crippen molar-refractivity contribution >= 4 is 33.3 Å². The van der Waals surface area contributed by atoms with Crippen LogP contribution in [0.4, 0.5) is 5.69 Å². The molecule has 1 aromatic heterocycles. The average molecular weight is 432 g/mol. The van der Waals surface area contributed by atoms with Crippen LogP contribution in [0.1, 0.15) is 71.3 Å². The maximum atomic E-state index is 4.49. The summed E-state index contributed by atoms with van der Waals surface area (Å²) in [6.45, 7) is 14.7. The Bertz CT molecular complexity index is 702. The Hall–Kier alpha value is -1.68. The predicted molar refractivity (Wildman–Crippen MR) is 123 cm³/mol. The van der Waals surface area contributed by atoms with Gasteiger partial charge in [-0.3, -0.25) is 4.98 Å². The molecule has 1 aliphatic rings. The number of anilines is 1. The normalized spacial score (nSPS) is 11.4. The number of hydrogen-bond donors (Lipinski definition) is 0. The third-order valence-corrected chi connectivity index (χ3v) is 4.49. The van der Waals surface area contributed by atoms with Gasteiger partial charge in [-0.25, -0.2) is 4.98 Å². The molecule has 2 aromatic rings. The molecule has 0 spiro atoms. The van der Waals surface area contributed by atoms with Crippen LogP contribution in [0.5, 0.6) is 0 Å². The number of hydrogen-bond acceptors (Lipinski definition) is 3. The average Bonchev–Trinajstić information content (AvgIpc) is 3.14. The molecule has 0 atom stereocenters. The molecule has 0 unspecified atom stereocenters. The van der Waals surface area contributed by atoms with E-state index in [2.05, 4.69) is 75.0 Å². The Labute approximate surface area is 174 Å². The first-order valence-electron chi connectivity index (χ1n) is 10.3. The second kappa shape index (κ2) is 12.7. The molecule has 0 fully saturated rings. The zero-order chi connectivity index (χ0) is 20.2. The van der Waals surface area contributed by atoms with Crippen molar-refractivity contribution < 1.29 is 0 Å². The fraction of sp³-hybridized carbons (Fsp3) is 0.478. The summed E-state index contributed by atoms with van der Waals surface area (Å²) in [7, 11) is 0. The molecule has 0 radical (unpaired) electrons. The Morgan fingerprint density at radius 2 is 1.56 bits per heavy atom. The van der Waals surface area contributed by atoms with Gasteiger partial charge in [0, 0.05) is 25.2 Å². The Kier molecular flexibility index (Phi) is 11.0. The highest BCUT2D eigenvalue weighted by Gasteiger charge is 2.17. The summed E-state index contributed by atoms with van der Waals surface area (Å²) >= 11 is 3.39. The molecule has 0 amide bonds. The standard InChI is InChI=1S/C19H22BrN3.2C2H6/c1-3-9-23(10-4-2)16-7-5-14(6-8-16)15-11-17-18(12-15)22-19(20)13-21-17;2*1-2/h5-8,12-13H,3-4,9-11H2,1-2H3;2*1-2H3. The summed E-state index contributed by atoms with van der Waals surface area (Å²) in [5, 5.41) is 0. The molecular formula is C23H34BrN3. The van der Waals surface area contributed by atoms with E-state index in [0.717, 1.165) is 35.5 Å². The van der Waals surface area contributed by atoms with Crippen molar-refractivity contribution in [3.8, 4) is 0 Å². The Morgan fingerprint density at radius 1 is 0.963 bits per heavy atom. The Morgan fingerprint density at radius 3 is 2.11 bits per heavy atom. The lowest BCUT2D eigenvalue weighted by molar-refractivity contribution is 0.745. The van der Waals surface area contributed by atoms with Crippen molar-refractivity contribution in [2.45, 2.75) is 60.8 Å². The minimum absolute atomic E-state index is 0.791. The molecule has 1 aliphatic carbocycles. The molecule has 1 aromatic carbocycles. The lowest BCUT2D eigenvalue weighted by atomic mass is 10.0. The first-order chi connectivity index (χ1) is 13.2. The molecule has 3 nitrogen and oxygen atoms in total. The SMILES string of the molecule is CC.CC.CCCN(CCC)c1ccc(C2=Cc3nc(Br)cnc3C2)cc1. The summed E-state index contributed by atoms with van der Waals surface area (Å²) in [5.74, 6) is 0. The number of aromatic nitrogens is 2. The second-order valence-electron chi connectivity index (χ2n) is 5.90. The monoisotopic (exact) mass is 431 g/mol. The zero-order valence-corrected chi connectivity index (χ0v) is 19.3. The van der Waals surface area contributed by atoms with Crippen molar-refractivity contribution in [3.63, 3.8) is 0 Å². The van der Waals surface area contributed by atoms with Crippen LogP contribution in [0.2, 0.25) is 0 Å². The molecule has 0 saturated heterocycles. The van der Waals surface area contributed by atoms with Gasteiger partial charge in [-0.1, -0.05) is 53.7 Å². The molecular weight excluding hydrogens is 398 g/mol. The molecule has 148 valence electrons. The van der Waals surface area contributed by atoms with E-state index in [1.54, 1.807) is 6.20 Å². The van der Waals surface area contributed by atoms with Crippen molar-refractivity contribution in [1.29, 1.82) is 0 Å². The van der Waals surface area contributed by atoms with Gasteiger partial charge < -0.3 is 4.90 Å². The first-order valence-corrected chi connectivity index (χ1v) is 11.1. The zero-order valence-electron chi connectivity index (χ0n) is 17.7. The van der Waals surface area contributed by atoms with Crippen LogP contribution in [0.15, 0.2) is 35.1 Å². The number of fused-ring (bicyclic) bond motifs is 1. The van der Waals surface area contributed by atoms with Crippen LogP contribution >= 0.6 is 15.9 Å². The molecule has 27 heavy (non-hydrogen) atoms. The fourth-order valence-corrected chi connectivity index (χ4v) is 3.33. The number of rotatable bonds is 6. The van der Waals surface area contributed by atoms with Crippen LogP contribution < -0.4 is 4.90 Å². The van der Waals surface area contributed by atoms with Crippen LogP contribution in [-0.4, -0.2) is 23.1 Å². The van der Waals surface area contributed by atoms with Gasteiger partial charge in [0.05, 0.1) is 17.6 Å². The molecule has 0 N–H and O–H groups in total. The molecule has 3 rings (SSSR count). The second-order valence-corrected chi connectivity index (χ2v) is 6.72. The lowest BCUT2D eigenvalue weighted by Crippen LogP contribution is -2.24. The smallest absolute Gasteiger partial charge is 0.125 e. The van der Waals surface area contributed by atoms with Gasteiger partial charge in [0.1, 0.15) is 4.60 Å². The first kappa shape index (κ1) is 23.4. The van der Waals surface area contributed by atoms with Crippen molar-refractivity contribution in [1.82, 2.24) is 9.97 Å². The van der Waals surface area contributed by atoms with Gasteiger partial charge in [0.2, 0.25) is 0 Å². The number of nitrogens with zero attached hydrogens (tertiary/aromatic N) is 3. The summed E-state index contributed by atoms with van der Waals surface area (Å²) in [6, 6.07) is 8.92. The van der Waals surface area contributed by atoms with E-state index in [1.807, 2.05) is 27.7 Å². The number of benzene rings is 1. The summed E-state index contributed by atoms with van der Waals surface area (Å²) < 4.78 is 0.791. The summed E-state index contributed by atoms with van der Waals surface area (Å²) in [6.07, 6.45) is 7.13. The third-order valence-electron chi connectivity index (χ3n) is 4.11. The number of halogens is 1. The maximum absolute atomic E-state index is 4.49. The van der Waals surface area contributed by atoms with Crippen molar-refractivity contribution in [2.24, 2.45) is 0 Å². The molecule has 0 aliphatic heterocycles. The van der Waals surface area contributed by atoms with Crippen LogP contribution in [-0.2, 0) is 6.42 Å². The quantitative estimate of drug-likeness (QED) is 0.491. The lowest BCUT2D eigenvalue weighted by Gasteiger charge is -2.24. The predicted octanol–water partition coefficient (Wildman–Crippen LogP) is 7.01. The van der Waals surface area contributed by atoms with E-state index in [0.29, 0.717) is 0 Å². The van der Waals surface area contributed by atoms with Crippen LogP contribution in [0.25, 0.3) is 11.6 Å². The molecule has 0 saturated carbocycles. The van der Waals surface area contributed by atoms with Crippen LogP contribution in [0.3, 0.4) is 0 Å². The van der Waals surface area contributed by atoms with E-state index < -0.39 is 0 Å². The van der Waals surface area contributed by atoms with Gasteiger partial charge in [0.15, 0.2) is 0 Å². The minimum atomic E-state index is 0.791. The minimum Gasteiger partial charge on any atom is -0.372 e. The highest BCUT2D eigenvalue weighted by molar-refractivity contribution is 9.10.